The maximum atomic E-state index is 5.95. The lowest BCUT2D eigenvalue weighted by Crippen LogP contribution is -2.10. The number of ether oxygens (including phenoxy) is 3. The molecular formula is C17H19ClO3. The van der Waals surface area contributed by atoms with Gasteiger partial charge in [-0.3, -0.25) is 0 Å². The highest BCUT2D eigenvalue weighted by Gasteiger charge is 2.10. The van der Waals surface area contributed by atoms with Gasteiger partial charge in [0.2, 0.25) is 0 Å². The maximum Gasteiger partial charge on any atom is 0.165 e. The molecule has 0 aliphatic heterocycles. The van der Waals surface area contributed by atoms with E-state index in [9.17, 15) is 0 Å². The fraction of sp³-hybridized carbons (Fsp3) is 0.294. The third-order valence-electron chi connectivity index (χ3n) is 2.85. The predicted octanol–water partition coefficient (Wildman–Crippen LogP) is 4.28. The van der Waals surface area contributed by atoms with Gasteiger partial charge in [0.15, 0.2) is 11.5 Å². The van der Waals surface area contributed by atoms with Crippen LogP contribution in [0.15, 0.2) is 48.5 Å². The quantitative estimate of drug-likeness (QED) is 0.538. The van der Waals surface area contributed by atoms with Crippen molar-refractivity contribution >= 4 is 11.6 Å². The minimum Gasteiger partial charge on any atom is -0.490 e. The second-order valence-corrected chi connectivity index (χ2v) is 4.59. The molecule has 21 heavy (non-hydrogen) atoms. The van der Waals surface area contributed by atoms with Crippen molar-refractivity contribution in [2.75, 3.05) is 19.8 Å². The van der Waals surface area contributed by atoms with Crippen LogP contribution in [0.2, 0.25) is 0 Å². The molecule has 0 saturated heterocycles. The highest BCUT2D eigenvalue weighted by Crippen LogP contribution is 2.32. The van der Waals surface area contributed by atoms with Crippen molar-refractivity contribution in [2.24, 2.45) is 0 Å². The molecule has 0 fully saturated rings. The van der Waals surface area contributed by atoms with Crippen molar-refractivity contribution in [3.63, 3.8) is 0 Å². The Kier molecular flexibility index (Phi) is 6.22. The summed E-state index contributed by atoms with van der Waals surface area (Å²) in [5, 5.41) is 0. The molecule has 0 spiro atoms. The van der Waals surface area contributed by atoms with Crippen molar-refractivity contribution in [2.45, 2.75) is 12.8 Å². The molecule has 0 aliphatic rings. The summed E-state index contributed by atoms with van der Waals surface area (Å²) in [5.41, 5.74) is 0.919. The van der Waals surface area contributed by atoms with Crippen LogP contribution >= 0.6 is 11.6 Å². The standard InChI is InChI=1S/C17H19ClO3/c1-2-19-16-10-6-7-14(13-18)17(16)21-12-11-20-15-8-4-3-5-9-15/h3-10H,2,11-13H2,1H3. The third-order valence-corrected chi connectivity index (χ3v) is 3.13. The Bertz CT molecular complexity index is 543. The SMILES string of the molecule is CCOc1cccc(CCl)c1OCCOc1ccccc1. The lowest BCUT2D eigenvalue weighted by molar-refractivity contribution is 0.207. The molecule has 0 atom stereocenters. The summed E-state index contributed by atoms with van der Waals surface area (Å²) in [7, 11) is 0. The summed E-state index contributed by atoms with van der Waals surface area (Å²) in [6.45, 7) is 3.42. The Morgan fingerprint density at radius 3 is 2.33 bits per heavy atom. The number of para-hydroxylation sites is 2. The Morgan fingerprint density at radius 1 is 0.857 bits per heavy atom. The van der Waals surface area contributed by atoms with Gasteiger partial charge in [0, 0.05) is 5.56 Å². The van der Waals surface area contributed by atoms with Crippen LogP contribution in [0.1, 0.15) is 12.5 Å². The van der Waals surface area contributed by atoms with Gasteiger partial charge in [-0.05, 0) is 25.1 Å². The molecule has 0 aliphatic carbocycles. The molecule has 0 bridgehead atoms. The lowest BCUT2D eigenvalue weighted by Gasteiger charge is -2.15. The largest absolute Gasteiger partial charge is 0.490 e. The molecule has 2 aromatic rings. The van der Waals surface area contributed by atoms with E-state index in [1.165, 1.54) is 0 Å². The minimum atomic E-state index is 0.385. The maximum absolute atomic E-state index is 5.95. The molecule has 2 rings (SSSR count). The van der Waals surface area contributed by atoms with Crippen LogP contribution in [0.25, 0.3) is 0 Å². The Hall–Kier alpha value is -1.87. The molecule has 112 valence electrons. The number of rotatable bonds is 8. The first-order valence-corrected chi connectivity index (χ1v) is 7.50. The van der Waals surface area contributed by atoms with Gasteiger partial charge in [0.1, 0.15) is 19.0 Å². The van der Waals surface area contributed by atoms with Crippen molar-refractivity contribution in [1.82, 2.24) is 0 Å². The molecule has 0 aromatic heterocycles. The van der Waals surface area contributed by atoms with E-state index in [-0.39, 0.29) is 0 Å². The van der Waals surface area contributed by atoms with Crippen LogP contribution in [0.5, 0.6) is 17.2 Å². The number of halogens is 1. The van der Waals surface area contributed by atoms with Gasteiger partial charge >= 0.3 is 0 Å². The second-order valence-electron chi connectivity index (χ2n) is 4.32. The zero-order chi connectivity index (χ0) is 14.9. The van der Waals surface area contributed by atoms with Gasteiger partial charge in [-0.2, -0.15) is 0 Å². The van der Waals surface area contributed by atoms with Crippen LogP contribution in [-0.4, -0.2) is 19.8 Å². The Balaban J connectivity index is 1.92. The third kappa shape index (κ3) is 4.57. The smallest absolute Gasteiger partial charge is 0.165 e. The number of hydrogen-bond acceptors (Lipinski definition) is 3. The molecular weight excluding hydrogens is 288 g/mol. The number of hydrogen-bond donors (Lipinski definition) is 0. The zero-order valence-corrected chi connectivity index (χ0v) is 12.8. The van der Waals surface area contributed by atoms with E-state index in [0.29, 0.717) is 31.5 Å². The number of benzene rings is 2. The van der Waals surface area contributed by atoms with Crippen molar-refractivity contribution in [3.8, 4) is 17.2 Å². The van der Waals surface area contributed by atoms with Crippen LogP contribution in [0.4, 0.5) is 0 Å². The van der Waals surface area contributed by atoms with Gasteiger partial charge < -0.3 is 14.2 Å². The van der Waals surface area contributed by atoms with E-state index in [1.54, 1.807) is 0 Å². The summed E-state index contributed by atoms with van der Waals surface area (Å²) >= 11 is 5.95. The van der Waals surface area contributed by atoms with Gasteiger partial charge in [0.25, 0.3) is 0 Å². The molecule has 0 unspecified atom stereocenters. The average molecular weight is 307 g/mol. The molecule has 4 heteroatoms. The molecule has 2 aromatic carbocycles. The Morgan fingerprint density at radius 2 is 1.62 bits per heavy atom. The first kappa shape index (κ1) is 15.5. The summed E-state index contributed by atoms with van der Waals surface area (Å²) in [6, 6.07) is 15.4. The predicted molar refractivity (Wildman–Crippen MR) is 84.6 cm³/mol. The summed E-state index contributed by atoms with van der Waals surface area (Å²) in [4.78, 5) is 0. The normalized spacial score (nSPS) is 10.2. The van der Waals surface area contributed by atoms with Gasteiger partial charge in [-0.25, -0.2) is 0 Å². The van der Waals surface area contributed by atoms with Gasteiger partial charge in [0.05, 0.1) is 12.5 Å². The first-order chi connectivity index (χ1) is 10.3. The topological polar surface area (TPSA) is 27.7 Å². The first-order valence-electron chi connectivity index (χ1n) is 6.96. The molecule has 0 amide bonds. The Labute approximate surface area is 130 Å². The van der Waals surface area contributed by atoms with Crippen LogP contribution in [0.3, 0.4) is 0 Å². The van der Waals surface area contributed by atoms with E-state index in [1.807, 2.05) is 55.5 Å². The molecule has 0 heterocycles. The fourth-order valence-corrected chi connectivity index (χ4v) is 2.13. The van der Waals surface area contributed by atoms with Crippen molar-refractivity contribution in [1.29, 1.82) is 0 Å². The van der Waals surface area contributed by atoms with Gasteiger partial charge in [-0.15, -0.1) is 11.6 Å². The average Bonchev–Trinajstić information content (AvgIpc) is 2.53. The van der Waals surface area contributed by atoms with E-state index < -0.39 is 0 Å². The molecule has 0 N–H and O–H groups in total. The van der Waals surface area contributed by atoms with Crippen LogP contribution in [0, 0.1) is 0 Å². The van der Waals surface area contributed by atoms with E-state index in [4.69, 9.17) is 25.8 Å². The summed E-state index contributed by atoms with van der Waals surface area (Å²) < 4.78 is 17.0. The molecule has 0 saturated carbocycles. The summed E-state index contributed by atoms with van der Waals surface area (Å²) in [6.07, 6.45) is 0. The van der Waals surface area contributed by atoms with Gasteiger partial charge in [-0.1, -0.05) is 30.3 Å². The van der Waals surface area contributed by atoms with E-state index in [0.717, 1.165) is 17.1 Å². The molecule has 3 nitrogen and oxygen atoms in total. The number of alkyl halides is 1. The van der Waals surface area contributed by atoms with Crippen molar-refractivity contribution < 1.29 is 14.2 Å². The fourth-order valence-electron chi connectivity index (χ4n) is 1.92. The van der Waals surface area contributed by atoms with E-state index >= 15 is 0 Å². The van der Waals surface area contributed by atoms with Crippen LogP contribution in [-0.2, 0) is 5.88 Å². The second kappa shape index (κ2) is 8.42. The minimum absolute atomic E-state index is 0.385. The zero-order valence-electron chi connectivity index (χ0n) is 12.0. The lowest BCUT2D eigenvalue weighted by atomic mass is 10.2. The van der Waals surface area contributed by atoms with Crippen molar-refractivity contribution in [3.05, 3.63) is 54.1 Å². The monoisotopic (exact) mass is 306 g/mol. The highest BCUT2D eigenvalue weighted by atomic mass is 35.5. The van der Waals surface area contributed by atoms with Crippen LogP contribution < -0.4 is 14.2 Å². The highest BCUT2D eigenvalue weighted by molar-refractivity contribution is 6.17. The van der Waals surface area contributed by atoms with E-state index in [2.05, 4.69) is 0 Å². The summed E-state index contributed by atoms with van der Waals surface area (Å²) in [5.74, 6) is 2.63. The molecule has 0 radical (unpaired) electrons.